The first kappa shape index (κ1) is 20.5. The summed E-state index contributed by atoms with van der Waals surface area (Å²) in [6.07, 6.45) is 1.65. The van der Waals surface area contributed by atoms with Crippen molar-refractivity contribution < 1.29 is 4.79 Å². The third-order valence-corrected chi connectivity index (χ3v) is 5.57. The second-order valence-corrected chi connectivity index (χ2v) is 8.02. The molecule has 6 heteroatoms. The first-order chi connectivity index (χ1) is 15.1. The molecule has 0 aliphatic rings. The summed E-state index contributed by atoms with van der Waals surface area (Å²) in [5, 5.41) is 10.2. The summed E-state index contributed by atoms with van der Waals surface area (Å²) in [5.74, 6) is -0.253. The minimum absolute atomic E-state index is 0.253. The number of aryl methyl sites for hydroxylation is 2. The van der Waals surface area contributed by atoms with Gasteiger partial charge in [-0.15, -0.1) is 11.3 Å². The molecule has 0 saturated carbocycles. The lowest BCUT2D eigenvalue weighted by Gasteiger charge is -2.03. The lowest BCUT2D eigenvalue weighted by molar-refractivity contribution is 0.0955. The van der Waals surface area contributed by atoms with Gasteiger partial charge in [-0.05, 0) is 49.2 Å². The predicted molar refractivity (Wildman–Crippen MR) is 128 cm³/mol. The topological polar surface area (TPSA) is 66.4 Å². The maximum absolute atomic E-state index is 12.4. The molecule has 0 unspecified atom stereocenters. The van der Waals surface area contributed by atoms with Crippen LogP contribution in [0.3, 0.4) is 0 Å². The number of carbonyl (C=O) groups excluding carboxylic acids is 1. The maximum atomic E-state index is 12.4. The van der Waals surface area contributed by atoms with Crippen molar-refractivity contribution in [1.82, 2.24) is 10.4 Å². The molecular formula is C25H22N4OS. The summed E-state index contributed by atoms with van der Waals surface area (Å²) in [6, 6.07) is 23.4. The number of thiazole rings is 1. The zero-order chi connectivity index (χ0) is 21.6. The quantitative estimate of drug-likeness (QED) is 0.296. The smallest absolute Gasteiger partial charge is 0.271 e. The summed E-state index contributed by atoms with van der Waals surface area (Å²) in [7, 11) is 0. The third kappa shape index (κ3) is 5.24. The number of rotatable bonds is 6. The number of hydrogen-bond acceptors (Lipinski definition) is 5. The Balaban J connectivity index is 1.39. The fourth-order valence-electron chi connectivity index (χ4n) is 2.97. The van der Waals surface area contributed by atoms with Crippen molar-refractivity contribution in [3.63, 3.8) is 0 Å². The first-order valence-electron chi connectivity index (χ1n) is 9.87. The van der Waals surface area contributed by atoms with Crippen LogP contribution >= 0.6 is 11.3 Å². The van der Waals surface area contributed by atoms with E-state index in [9.17, 15) is 4.79 Å². The predicted octanol–water partition coefficient (Wildman–Crippen LogP) is 5.93. The molecule has 0 saturated heterocycles. The number of benzene rings is 3. The van der Waals surface area contributed by atoms with Gasteiger partial charge < -0.3 is 5.32 Å². The van der Waals surface area contributed by atoms with Gasteiger partial charge >= 0.3 is 0 Å². The summed E-state index contributed by atoms with van der Waals surface area (Å²) in [4.78, 5) is 17.0. The zero-order valence-electron chi connectivity index (χ0n) is 17.3. The second-order valence-electron chi connectivity index (χ2n) is 7.16. The van der Waals surface area contributed by atoms with Gasteiger partial charge in [-0.25, -0.2) is 10.4 Å². The number of hydrogen-bond donors (Lipinski definition) is 2. The Labute approximate surface area is 185 Å². The molecule has 1 aromatic heterocycles. The number of aromatic nitrogens is 1. The van der Waals surface area contributed by atoms with E-state index in [-0.39, 0.29) is 5.91 Å². The Kier molecular flexibility index (Phi) is 6.19. The van der Waals surface area contributed by atoms with Gasteiger partial charge in [0.05, 0.1) is 11.9 Å². The average Bonchev–Trinajstić information content (AvgIpc) is 3.25. The van der Waals surface area contributed by atoms with Crippen LogP contribution in [0, 0.1) is 13.8 Å². The highest BCUT2D eigenvalue weighted by atomic mass is 32.1. The van der Waals surface area contributed by atoms with E-state index in [4.69, 9.17) is 0 Å². The van der Waals surface area contributed by atoms with Gasteiger partial charge in [0.1, 0.15) is 0 Å². The molecule has 4 aromatic rings. The van der Waals surface area contributed by atoms with E-state index < -0.39 is 0 Å². The number of anilines is 2. The molecule has 31 heavy (non-hydrogen) atoms. The van der Waals surface area contributed by atoms with Crippen molar-refractivity contribution in [2.45, 2.75) is 13.8 Å². The summed E-state index contributed by atoms with van der Waals surface area (Å²) in [5.41, 5.74) is 9.23. The van der Waals surface area contributed by atoms with E-state index >= 15 is 0 Å². The van der Waals surface area contributed by atoms with E-state index in [1.165, 1.54) is 5.56 Å². The molecule has 2 N–H and O–H groups in total. The third-order valence-electron chi connectivity index (χ3n) is 4.81. The molecule has 0 aliphatic carbocycles. The lowest BCUT2D eigenvalue weighted by Crippen LogP contribution is -2.17. The molecule has 3 aromatic carbocycles. The van der Waals surface area contributed by atoms with Crippen LogP contribution in [0.1, 0.15) is 27.0 Å². The molecule has 1 heterocycles. The fraction of sp³-hybridized carbons (Fsp3) is 0.0800. The summed E-state index contributed by atoms with van der Waals surface area (Å²) < 4.78 is 0. The zero-order valence-corrected chi connectivity index (χ0v) is 18.1. The second kappa shape index (κ2) is 9.36. The van der Waals surface area contributed by atoms with E-state index in [0.717, 1.165) is 33.2 Å². The van der Waals surface area contributed by atoms with Crippen LogP contribution in [0.25, 0.3) is 11.3 Å². The van der Waals surface area contributed by atoms with Crippen molar-refractivity contribution in [1.29, 1.82) is 0 Å². The maximum Gasteiger partial charge on any atom is 0.271 e. The van der Waals surface area contributed by atoms with Gasteiger partial charge in [-0.1, -0.05) is 54.1 Å². The Morgan fingerprint density at radius 2 is 1.71 bits per heavy atom. The number of amides is 1. The van der Waals surface area contributed by atoms with Crippen molar-refractivity contribution >= 4 is 34.3 Å². The van der Waals surface area contributed by atoms with Gasteiger partial charge in [0.25, 0.3) is 5.91 Å². The van der Waals surface area contributed by atoms with Crippen molar-refractivity contribution in [3.05, 3.63) is 100 Å². The van der Waals surface area contributed by atoms with Crippen LogP contribution in [0.2, 0.25) is 0 Å². The first-order valence-corrected chi connectivity index (χ1v) is 10.8. The SMILES string of the molecule is Cc1ccc(Nc2nc(-c3ccc(C(=O)N/N=C\c4ccccc4C)cc3)cs2)cc1. The van der Waals surface area contributed by atoms with Crippen LogP contribution in [-0.4, -0.2) is 17.1 Å². The largest absolute Gasteiger partial charge is 0.332 e. The van der Waals surface area contributed by atoms with E-state index in [1.807, 2.05) is 60.8 Å². The molecule has 0 spiro atoms. The highest BCUT2D eigenvalue weighted by Crippen LogP contribution is 2.27. The molecule has 0 bridgehead atoms. The van der Waals surface area contributed by atoms with E-state index in [2.05, 4.69) is 39.9 Å². The highest BCUT2D eigenvalue weighted by molar-refractivity contribution is 7.14. The van der Waals surface area contributed by atoms with Gasteiger partial charge in [0, 0.05) is 22.2 Å². The molecule has 1 amide bonds. The number of carbonyl (C=O) groups is 1. The number of nitrogens with zero attached hydrogens (tertiary/aromatic N) is 2. The van der Waals surface area contributed by atoms with Gasteiger partial charge in [-0.2, -0.15) is 5.10 Å². The molecule has 0 atom stereocenters. The Hall–Kier alpha value is -3.77. The van der Waals surface area contributed by atoms with Gasteiger partial charge in [0.2, 0.25) is 0 Å². The molecule has 0 fully saturated rings. The van der Waals surface area contributed by atoms with Crippen LogP contribution in [0.5, 0.6) is 0 Å². The highest BCUT2D eigenvalue weighted by Gasteiger charge is 2.08. The molecular weight excluding hydrogens is 404 g/mol. The Bertz CT molecular complexity index is 1210. The molecule has 0 radical (unpaired) electrons. The molecule has 0 aliphatic heterocycles. The standard InChI is InChI=1S/C25H22N4OS/c1-17-7-13-22(14-8-17)27-25-28-23(16-31-25)19-9-11-20(12-10-19)24(30)29-26-15-21-6-4-3-5-18(21)2/h3-16H,1-2H3,(H,27,28)(H,29,30)/b26-15-. The number of nitrogens with one attached hydrogen (secondary N) is 2. The number of hydrazone groups is 1. The fourth-order valence-corrected chi connectivity index (χ4v) is 3.71. The van der Waals surface area contributed by atoms with Crippen LogP contribution in [0.15, 0.2) is 83.3 Å². The molecule has 4 rings (SSSR count). The van der Waals surface area contributed by atoms with Crippen molar-refractivity contribution in [3.8, 4) is 11.3 Å². The Morgan fingerprint density at radius 1 is 0.968 bits per heavy atom. The average molecular weight is 427 g/mol. The monoisotopic (exact) mass is 426 g/mol. The van der Waals surface area contributed by atoms with Gasteiger partial charge in [0.15, 0.2) is 5.13 Å². The van der Waals surface area contributed by atoms with E-state index in [0.29, 0.717) is 5.56 Å². The minimum Gasteiger partial charge on any atom is -0.332 e. The minimum atomic E-state index is -0.253. The van der Waals surface area contributed by atoms with Crippen LogP contribution < -0.4 is 10.7 Å². The van der Waals surface area contributed by atoms with Crippen molar-refractivity contribution in [2.24, 2.45) is 5.10 Å². The van der Waals surface area contributed by atoms with Crippen LogP contribution in [0.4, 0.5) is 10.8 Å². The summed E-state index contributed by atoms with van der Waals surface area (Å²) in [6.45, 7) is 4.06. The summed E-state index contributed by atoms with van der Waals surface area (Å²) >= 11 is 1.54. The van der Waals surface area contributed by atoms with E-state index in [1.54, 1.807) is 29.7 Å². The lowest BCUT2D eigenvalue weighted by atomic mass is 10.1. The van der Waals surface area contributed by atoms with Crippen molar-refractivity contribution in [2.75, 3.05) is 5.32 Å². The van der Waals surface area contributed by atoms with Gasteiger partial charge in [-0.3, -0.25) is 4.79 Å². The normalized spacial score (nSPS) is 10.9. The molecule has 154 valence electrons. The molecule has 5 nitrogen and oxygen atoms in total. The Morgan fingerprint density at radius 3 is 2.45 bits per heavy atom. The van der Waals surface area contributed by atoms with Crippen LogP contribution in [-0.2, 0) is 0 Å².